The summed E-state index contributed by atoms with van der Waals surface area (Å²) in [7, 11) is 1.26. The van der Waals surface area contributed by atoms with Crippen LogP contribution in [0.2, 0.25) is 10.0 Å². The van der Waals surface area contributed by atoms with Gasteiger partial charge >= 0.3 is 5.97 Å². The average molecular weight is 319 g/mol. The number of amides is 1. The molecule has 0 spiro atoms. The van der Waals surface area contributed by atoms with Gasteiger partial charge in [-0.25, -0.2) is 0 Å². The molecule has 1 aromatic carbocycles. The van der Waals surface area contributed by atoms with Crippen molar-refractivity contribution in [1.82, 2.24) is 4.90 Å². The van der Waals surface area contributed by atoms with Gasteiger partial charge < -0.3 is 15.4 Å². The first kappa shape index (κ1) is 16.6. The number of ether oxygens (including phenoxy) is 1. The summed E-state index contributed by atoms with van der Waals surface area (Å²) < 4.78 is 4.58. The first-order valence-electron chi connectivity index (χ1n) is 5.90. The van der Waals surface area contributed by atoms with Crippen molar-refractivity contribution in [2.45, 2.75) is 19.9 Å². The Morgan fingerprint density at radius 1 is 1.35 bits per heavy atom. The fourth-order valence-electron chi connectivity index (χ4n) is 1.61. The van der Waals surface area contributed by atoms with Gasteiger partial charge in [-0.15, -0.1) is 0 Å². The lowest BCUT2D eigenvalue weighted by Gasteiger charge is -2.26. The largest absolute Gasteiger partial charge is 0.468 e. The van der Waals surface area contributed by atoms with E-state index < -0.39 is 11.9 Å². The van der Waals surface area contributed by atoms with Crippen LogP contribution in [0.4, 0.5) is 5.69 Å². The van der Waals surface area contributed by atoms with Crippen LogP contribution in [0.3, 0.4) is 0 Å². The lowest BCUT2D eigenvalue weighted by molar-refractivity contribution is -0.141. The number of benzene rings is 1. The predicted octanol–water partition coefficient (Wildman–Crippen LogP) is 2.60. The molecular formula is C13H16Cl2N2O3. The number of hydrogen-bond donors (Lipinski definition) is 1. The van der Waals surface area contributed by atoms with Crippen molar-refractivity contribution < 1.29 is 14.3 Å². The number of rotatable bonds is 4. The second-order valence-corrected chi connectivity index (χ2v) is 5.25. The second kappa shape index (κ2) is 6.81. The van der Waals surface area contributed by atoms with Crippen molar-refractivity contribution in [3.8, 4) is 0 Å². The summed E-state index contributed by atoms with van der Waals surface area (Å²) in [6.07, 6.45) is 0. The maximum Gasteiger partial charge on any atom is 0.325 e. The minimum Gasteiger partial charge on any atom is -0.468 e. The van der Waals surface area contributed by atoms with Crippen LogP contribution < -0.4 is 5.73 Å². The second-order valence-electron chi connectivity index (χ2n) is 4.47. The van der Waals surface area contributed by atoms with Crippen molar-refractivity contribution in [2.75, 3.05) is 19.4 Å². The van der Waals surface area contributed by atoms with Crippen LogP contribution in [0, 0.1) is 0 Å². The van der Waals surface area contributed by atoms with E-state index >= 15 is 0 Å². The van der Waals surface area contributed by atoms with Gasteiger partial charge in [0.05, 0.1) is 22.7 Å². The summed E-state index contributed by atoms with van der Waals surface area (Å²) in [5.41, 5.74) is 6.15. The lowest BCUT2D eigenvalue weighted by atomic mass is 10.1. The third kappa shape index (κ3) is 3.77. The highest BCUT2D eigenvalue weighted by molar-refractivity contribution is 6.44. The van der Waals surface area contributed by atoms with Gasteiger partial charge in [0.15, 0.2) is 0 Å². The summed E-state index contributed by atoms with van der Waals surface area (Å²) in [4.78, 5) is 25.2. The number of hydrogen-bond acceptors (Lipinski definition) is 4. The molecule has 0 aliphatic heterocycles. The van der Waals surface area contributed by atoms with Crippen LogP contribution >= 0.6 is 23.2 Å². The molecular weight excluding hydrogens is 303 g/mol. The van der Waals surface area contributed by atoms with Gasteiger partial charge in [0.2, 0.25) is 0 Å². The zero-order valence-corrected chi connectivity index (χ0v) is 13.0. The number of halogens is 2. The van der Waals surface area contributed by atoms with E-state index in [1.54, 1.807) is 13.8 Å². The lowest BCUT2D eigenvalue weighted by Crippen LogP contribution is -2.41. The van der Waals surface area contributed by atoms with E-state index in [4.69, 9.17) is 28.9 Å². The Balaban J connectivity index is 3.16. The smallest absolute Gasteiger partial charge is 0.325 e. The van der Waals surface area contributed by atoms with Crippen molar-refractivity contribution in [1.29, 1.82) is 0 Å². The Morgan fingerprint density at radius 3 is 2.45 bits per heavy atom. The maximum atomic E-state index is 12.5. The number of methoxy groups -OCH3 is 1. The summed E-state index contributed by atoms with van der Waals surface area (Å²) in [6.45, 7) is 3.39. The molecule has 7 heteroatoms. The Labute approximate surface area is 127 Å². The molecule has 20 heavy (non-hydrogen) atoms. The topological polar surface area (TPSA) is 72.6 Å². The molecule has 0 unspecified atom stereocenters. The van der Waals surface area contributed by atoms with Gasteiger partial charge in [-0.2, -0.15) is 0 Å². The molecule has 0 heterocycles. The monoisotopic (exact) mass is 318 g/mol. The first-order chi connectivity index (χ1) is 9.27. The normalized spacial score (nSPS) is 10.5. The quantitative estimate of drug-likeness (QED) is 0.684. The summed E-state index contributed by atoms with van der Waals surface area (Å²) in [5.74, 6) is -0.942. The number of anilines is 1. The molecule has 0 saturated heterocycles. The molecule has 110 valence electrons. The van der Waals surface area contributed by atoms with E-state index in [9.17, 15) is 9.59 Å². The van der Waals surface area contributed by atoms with Crippen LogP contribution in [0.5, 0.6) is 0 Å². The van der Waals surface area contributed by atoms with E-state index in [1.165, 1.54) is 24.1 Å². The fraction of sp³-hybridized carbons (Fsp3) is 0.385. The third-order valence-corrected chi connectivity index (χ3v) is 3.49. The fourth-order valence-corrected chi connectivity index (χ4v) is 2.03. The molecule has 0 radical (unpaired) electrons. The molecule has 0 bridgehead atoms. The summed E-state index contributed by atoms with van der Waals surface area (Å²) in [6, 6.07) is 2.68. The van der Waals surface area contributed by atoms with Crippen molar-refractivity contribution in [2.24, 2.45) is 0 Å². The van der Waals surface area contributed by atoms with Crippen molar-refractivity contribution >= 4 is 40.8 Å². The van der Waals surface area contributed by atoms with Gasteiger partial charge in [-0.05, 0) is 26.0 Å². The molecule has 5 nitrogen and oxygen atoms in total. The van der Waals surface area contributed by atoms with Crippen molar-refractivity contribution in [3.63, 3.8) is 0 Å². The van der Waals surface area contributed by atoms with Crippen LogP contribution in [0.15, 0.2) is 12.1 Å². The van der Waals surface area contributed by atoms with E-state index in [0.717, 1.165) is 0 Å². The maximum absolute atomic E-state index is 12.5. The van der Waals surface area contributed by atoms with Crippen LogP contribution in [0.1, 0.15) is 24.2 Å². The van der Waals surface area contributed by atoms with Gasteiger partial charge in [0, 0.05) is 11.7 Å². The van der Waals surface area contributed by atoms with E-state index in [1.807, 2.05) is 0 Å². The van der Waals surface area contributed by atoms with Crippen LogP contribution in [0.25, 0.3) is 0 Å². The standard InChI is InChI=1S/C13H16Cl2N2O3/c1-7(2)17(6-11(18)20-3)13(19)9-4-8(16)5-10(14)12(9)15/h4-5,7H,6,16H2,1-3H3. The SMILES string of the molecule is COC(=O)CN(C(=O)c1cc(N)cc(Cl)c1Cl)C(C)C. The predicted molar refractivity (Wildman–Crippen MR) is 79.1 cm³/mol. The van der Waals surface area contributed by atoms with Crippen molar-refractivity contribution in [3.05, 3.63) is 27.7 Å². The van der Waals surface area contributed by atoms with Gasteiger partial charge in [-0.1, -0.05) is 23.2 Å². The Kier molecular flexibility index (Phi) is 5.65. The van der Waals surface area contributed by atoms with Gasteiger partial charge in [0.1, 0.15) is 6.54 Å². The Hall–Kier alpha value is -1.46. The number of nitrogens with two attached hydrogens (primary N) is 1. The number of carbonyl (C=O) groups excluding carboxylic acids is 2. The molecule has 0 fully saturated rings. The number of carbonyl (C=O) groups is 2. The molecule has 0 atom stereocenters. The molecule has 1 rings (SSSR count). The molecule has 2 N–H and O–H groups in total. The molecule has 0 saturated carbocycles. The molecule has 0 aromatic heterocycles. The highest BCUT2D eigenvalue weighted by atomic mass is 35.5. The summed E-state index contributed by atoms with van der Waals surface area (Å²) in [5, 5.41) is 0.304. The zero-order chi connectivity index (χ0) is 15.4. The van der Waals surface area contributed by atoms with Gasteiger partial charge in [-0.3, -0.25) is 9.59 Å². The number of esters is 1. The van der Waals surface area contributed by atoms with E-state index in [-0.39, 0.29) is 28.2 Å². The van der Waals surface area contributed by atoms with Crippen LogP contribution in [-0.2, 0) is 9.53 Å². The highest BCUT2D eigenvalue weighted by Crippen LogP contribution is 2.30. The zero-order valence-electron chi connectivity index (χ0n) is 11.4. The minimum absolute atomic E-state index is 0.112. The van der Waals surface area contributed by atoms with E-state index in [2.05, 4.69) is 4.74 Å². The molecule has 1 aromatic rings. The number of nitrogen functional groups attached to an aromatic ring is 1. The van der Waals surface area contributed by atoms with Gasteiger partial charge in [0.25, 0.3) is 5.91 Å². The first-order valence-corrected chi connectivity index (χ1v) is 6.65. The molecule has 0 aliphatic rings. The Morgan fingerprint density at radius 2 is 1.95 bits per heavy atom. The minimum atomic E-state index is -0.516. The number of nitrogens with zero attached hydrogens (tertiary/aromatic N) is 1. The Bertz CT molecular complexity index is 533. The van der Waals surface area contributed by atoms with Crippen LogP contribution in [-0.4, -0.2) is 36.5 Å². The van der Waals surface area contributed by atoms with E-state index in [0.29, 0.717) is 5.69 Å². The molecule has 1 amide bonds. The molecule has 0 aliphatic carbocycles. The summed E-state index contributed by atoms with van der Waals surface area (Å²) >= 11 is 11.9. The highest BCUT2D eigenvalue weighted by Gasteiger charge is 2.25. The average Bonchev–Trinajstić information content (AvgIpc) is 2.38. The third-order valence-electron chi connectivity index (χ3n) is 2.69.